The van der Waals surface area contributed by atoms with Crippen LogP contribution in [0.25, 0.3) is 0 Å². The van der Waals surface area contributed by atoms with Crippen LogP contribution < -0.4 is 10.6 Å². The van der Waals surface area contributed by atoms with Crippen molar-refractivity contribution in [3.05, 3.63) is 35.9 Å². The zero-order valence-corrected chi connectivity index (χ0v) is 14.8. The minimum atomic E-state index is -1.78. The molecule has 0 saturated carbocycles. The molecule has 1 unspecified atom stereocenters. The monoisotopic (exact) mass is 336 g/mol. The average molecular weight is 336 g/mol. The highest BCUT2D eigenvalue weighted by Crippen LogP contribution is 2.23. The molecule has 2 amide bonds. The lowest BCUT2D eigenvalue weighted by Gasteiger charge is -2.34. The van der Waals surface area contributed by atoms with Gasteiger partial charge < -0.3 is 20.8 Å². The van der Waals surface area contributed by atoms with Gasteiger partial charge in [-0.05, 0) is 11.0 Å². The first-order valence-corrected chi connectivity index (χ1v) is 8.04. The second-order valence-corrected chi connectivity index (χ2v) is 7.05. The van der Waals surface area contributed by atoms with Crippen LogP contribution in [-0.2, 0) is 16.0 Å². The van der Waals surface area contributed by atoms with Crippen LogP contribution in [0.2, 0.25) is 0 Å². The standard InChI is InChI=1S/C18H28N2O4/c1-17(2,3)14(15(22)19-4)20-16(23)18(24,10-11-21)12-13-8-6-5-7-9-13/h5-9,14,21,24H,10-12H2,1-4H3,(H,19,22)(H,20,23)/t14?,18-/m0/s1. The van der Waals surface area contributed by atoms with Crippen molar-refractivity contribution in [2.45, 2.75) is 45.3 Å². The molecule has 134 valence electrons. The number of likely N-dealkylation sites (N-methyl/N-ethyl adjacent to an activating group) is 1. The maximum atomic E-state index is 12.7. The van der Waals surface area contributed by atoms with Crippen LogP contribution in [0.3, 0.4) is 0 Å². The molecule has 0 aliphatic heterocycles. The summed E-state index contributed by atoms with van der Waals surface area (Å²) in [6, 6.07) is 8.28. The molecule has 1 aromatic carbocycles. The van der Waals surface area contributed by atoms with Crippen LogP contribution >= 0.6 is 0 Å². The summed E-state index contributed by atoms with van der Waals surface area (Å²) in [6.07, 6.45) is -0.0524. The van der Waals surface area contributed by atoms with Gasteiger partial charge >= 0.3 is 0 Å². The molecule has 0 spiro atoms. The van der Waals surface area contributed by atoms with Crippen molar-refractivity contribution < 1.29 is 19.8 Å². The summed E-state index contributed by atoms with van der Waals surface area (Å²) >= 11 is 0. The van der Waals surface area contributed by atoms with E-state index in [2.05, 4.69) is 10.6 Å². The van der Waals surface area contributed by atoms with Crippen LogP contribution in [0.15, 0.2) is 30.3 Å². The van der Waals surface area contributed by atoms with Crippen LogP contribution in [0.5, 0.6) is 0 Å². The Balaban J connectivity index is 3.01. The molecule has 0 aromatic heterocycles. The van der Waals surface area contributed by atoms with E-state index >= 15 is 0 Å². The highest BCUT2D eigenvalue weighted by molar-refractivity contribution is 5.91. The zero-order chi connectivity index (χ0) is 18.4. The minimum Gasteiger partial charge on any atom is -0.396 e. The first-order valence-electron chi connectivity index (χ1n) is 8.04. The average Bonchev–Trinajstić information content (AvgIpc) is 2.51. The Bertz CT molecular complexity index is 554. The summed E-state index contributed by atoms with van der Waals surface area (Å²) in [6.45, 7) is 5.15. The summed E-state index contributed by atoms with van der Waals surface area (Å²) in [7, 11) is 1.50. The van der Waals surface area contributed by atoms with Gasteiger partial charge in [0.2, 0.25) is 5.91 Å². The fourth-order valence-corrected chi connectivity index (χ4v) is 2.49. The van der Waals surface area contributed by atoms with E-state index in [-0.39, 0.29) is 25.4 Å². The maximum Gasteiger partial charge on any atom is 0.253 e. The van der Waals surface area contributed by atoms with Crippen LogP contribution in [0.1, 0.15) is 32.8 Å². The van der Waals surface area contributed by atoms with Gasteiger partial charge in [-0.2, -0.15) is 0 Å². The van der Waals surface area contributed by atoms with Crippen molar-refractivity contribution in [1.29, 1.82) is 0 Å². The van der Waals surface area contributed by atoms with E-state index in [1.807, 2.05) is 39.0 Å². The molecule has 1 rings (SSSR count). The Labute approximate surface area is 143 Å². The van der Waals surface area contributed by atoms with E-state index in [4.69, 9.17) is 0 Å². The Morgan fingerprint density at radius 1 is 1.17 bits per heavy atom. The minimum absolute atomic E-state index is 0.0604. The Morgan fingerprint density at radius 2 is 1.75 bits per heavy atom. The summed E-state index contributed by atoms with van der Waals surface area (Å²) < 4.78 is 0. The molecule has 6 nitrogen and oxygen atoms in total. The fraction of sp³-hybridized carbons (Fsp3) is 0.556. The van der Waals surface area contributed by atoms with Crippen molar-refractivity contribution >= 4 is 11.8 Å². The van der Waals surface area contributed by atoms with E-state index in [9.17, 15) is 19.8 Å². The molecule has 0 radical (unpaired) electrons. The predicted octanol–water partition coefficient (Wildman–Crippen LogP) is 0.620. The molecule has 0 aliphatic carbocycles. The third kappa shape index (κ3) is 5.32. The van der Waals surface area contributed by atoms with Crippen molar-refractivity contribution in [2.24, 2.45) is 5.41 Å². The molecule has 24 heavy (non-hydrogen) atoms. The van der Waals surface area contributed by atoms with Crippen LogP contribution in [0, 0.1) is 5.41 Å². The number of hydrogen-bond acceptors (Lipinski definition) is 4. The molecule has 4 N–H and O–H groups in total. The van der Waals surface area contributed by atoms with Crippen molar-refractivity contribution in [3.8, 4) is 0 Å². The number of rotatable bonds is 7. The lowest BCUT2D eigenvalue weighted by atomic mass is 9.84. The first-order chi connectivity index (χ1) is 11.1. The van der Waals surface area contributed by atoms with Gasteiger partial charge in [-0.3, -0.25) is 9.59 Å². The van der Waals surface area contributed by atoms with Gasteiger partial charge in [0.25, 0.3) is 5.91 Å². The van der Waals surface area contributed by atoms with Crippen LogP contribution in [-0.4, -0.2) is 47.3 Å². The zero-order valence-electron chi connectivity index (χ0n) is 14.8. The normalized spacial score (nSPS) is 15.2. The number of carbonyl (C=O) groups excluding carboxylic acids is 2. The number of carbonyl (C=O) groups is 2. The lowest BCUT2D eigenvalue weighted by Crippen LogP contribution is -2.59. The third-order valence-electron chi connectivity index (χ3n) is 3.94. The molecule has 0 fully saturated rings. The number of nitrogens with one attached hydrogen (secondary N) is 2. The SMILES string of the molecule is CNC(=O)C(NC(=O)[C@](O)(CCO)Cc1ccccc1)C(C)(C)C. The highest BCUT2D eigenvalue weighted by Gasteiger charge is 2.40. The number of benzene rings is 1. The molecular formula is C18H28N2O4. The van der Waals surface area contributed by atoms with E-state index in [0.29, 0.717) is 0 Å². The fourth-order valence-electron chi connectivity index (χ4n) is 2.49. The van der Waals surface area contributed by atoms with Crippen molar-refractivity contribution in [3.63, 3.8) is 0 Å². The topological polar surface area (TPSA) is 98.7 Å². The van der Waals surface area contributed by atoms with Gasteiger partial charge in [-0.1, -0.05) is 51.1 Å². The van der Waals surface area contributed by atoms with Gasteiger partial charge in [0, 0.05) is 26.5 Å². The van der Waals surface area contributed by atoms with Gasteiger partial charge in [-0.15, -0.1) is 0 Å². The van der Waals surface area contributed by atoms with E-state index in [1.54, 1.807) is 12.1 Å². The molecular weight excluding hydrogens is 308 g/mol. The molecule has 0 aliphatic rings. The molecule has 0 heterocycles. The Hall–Kier alpha value is -1.92. The summed E-state index contributed by atoms with van der Waals surface area (Å²) in [5, 5.41) is 25.2. The second kappa shape index (κ2) is 8.26. The van der Waals surface area contributed by atoms with Gasteiger partial charge in [0.05, 0.1) is 0 Å². The number of aliphatic hydroxyl groups excluding tert-OH is 1. The summed E-state index contributed by atoms with van der Waals surface area (Å²) in [4.78, 5) is 24.8. The third-order valence-corrected chi connectivity index (χ3v) is 3.94. The smallest absolute Gasteiger partial charge is 0.253 e. The lowest BCUT2D eigenvalue weighted by molar-refractivity contribution is -0.145. The van der Waals surface area contributed by atoms with Crippen molar-refractivity contribution in [2.75, 3.05) is 13.7 Å². The number of aliphatic hydroxyl groups is 2. The molecule has 1 aromatic rings. The van der Waals surface area contributed by atoms with Gasteiger partial charge in [-0.25, -0.2) is 0 Å². The number of amides is 2. The first kappa shape index (κ1) is 20.1. The number of hydrogen-bond donors (Lipinski definition) is 4. The maximum absolute atomic E-state index is 12.7. The largest absolute Gasteiger partial charge is 0.396 e. The van der Waals surface area contributed by atoms with E-state index in [0.717, 1.165) is 5.56 Å². The molecule has 0 bridgehead atoms. The summed E-state index contributed by atoms with van der Waals surface area (Å²) in [5.74, 6) is -0.995. The second-order valence-electron chi connectivity index (χ2n) is 7.05. The Kier molecular flexibility index (Phi) is 6.93. The molecule has 6 heteroatoms. The van der Waals surface area contributed by atoms with Crippen LogP contribution in [0.4, 0.5) is 0 Å². The molecule has 2 atom stereocenters. The quantitative estimate of drug-likeness (QED) is 0.587. The Morgan fingerprint density at radius 3 is 2.21 bits per heavy atom. The highest BCUT2D eigenvalue weighted by atomic mass is 16.3. The summed E-state index contributed by atoms with van der Waals surface area (Å²) in [5.41, 5.74) is -1.54. The molecule has 0 saturated heterocycles. The van der Waals surface area contributed by atoms with Gasteiger partial charge in [0.15, 0.2) is 0 Å². The van der Waals surface area contributed by atoms with Crippen molar-refractivity contribution in [1.82, 2.24) is 10.6 Å². The van der Waals surface area contributed by atoms with E-state index < -0.39 is 23.0 Å². The predicted molar refractivity (Wildman–Crippen MR) is 92.3 cm³/mol. The van der Waals surface area contributed by atoms with Gasteiger partial charge in [0.1, 0.15) is 11.6 Å². The van der Waals surface area contributed by atoms with E-state index in [1.165, 1.54) is 7.05 Å².